The van der Waals surface area contributed by atoms with Crippen LogP contribution in [-0.4, -0.2) is 19.4 Å². The summed E-state index contributed by atoms with van der Waals surface area (Å²) >= 11 is 3.40. The monoisotopic (exact) mass is 268 g/mol. The van der Waals surface area contributed by atoms with Gasteiger partial charge in [-0.1, -0.05) is 22.0 Å². The Morgan fingerprint density at radius 1 is 1.60 bits per heavy atom. The van der Waals surface area contributed by atoms with Gasteiger partial charge in [0.2, 0.25) is 0 Å². The van der Waals surface area contributed by atoms with E-state index in [9.17, 15) is 9.90 Å². The second-order valence-electron chi connectivity index (χ2n) is 3.51. The number of hydrogen-bond donors (Lipinski definition) is 2. The normalized spacial score (nSPS) is 24.3. The average molecular weight is 269 g/mol. The van der Waals surface area contributed by atoms with Gasteiger partial charge in [-0.15, -0.1) is 0 Å². The maximum atomic E-state index is 11.5. The zero-order valence-corrected chi connectivity index (χ0v) is 9.58. The van der Waals surface area contributed by atoms with Crippen LogP contribution in [0.25, 0.3) is 11.8 Å². The van der Waals surface area contributed by atoms with E-state index in [1.807, 2.05) is 6.92 Å². The summed E-state index contributed by atoms with van der Waals surface area (Å²) in [5, 5.41) is 9.78. The minimum atomic E-state index is -0.468. The summed E-state index contributed by atoms with van der Waals surface area (Å²) in [5.74, 6) is 0.000440. The lowest BCUT2D eigenvalue weighted by atomic mass is 10.1. The highest BCUT2D eigenvalue weighted by molar-refractivity contribution is 9.10. The molecule has 0 aromatic carbocycles. The Balaban J connectivity index is 2.74. The number of nitrogens with one attached hydrogen (secondary N) is 1. The number of aliphatic hydroxyl groups is 1. The number of aromatic nitrogens is 2. The van der Waals surface area contributed by atoms with Crippen molar-refractivity contribution in [1.29, 1.82) is 0 Å². The van der Waals surface area contributed by atoms with Gasteiger partial charge in [0.05, 0.1) is 16.2 Å². The lowest BCUT2D eigenvalue weighted by molar-refractivity contribution is 0.505. The van der Waals surface area contributed by atoms with Crippen LogP contribution in [0.15, 0.2) is 23.3 Å². The summed E-state index contributed by atoms with van der Waals surface area (Å²) in [6.45, 7) is 1.86. The molecule has 1 atom stereocenters. The van der Waals surface area contributed by atoms with Gasteiger partial charge in [0.25, 0.3) is 5.56 Å². The first kappa shape index (κ1) is 10.2. The lowest BCUT2D eigenvalue weighted by Crippen LogP contribution is -2.12. The van der Waals surface area contributed by atoms with E-state index in [2.05, 4.69) is 25.9 Å². The van der Waals surface area contributed by atoms with Crippen LogP contribution in [0.1, 0.15) is 18.2 Å². The van der Waals surface area contributed by atoms with Crippen molar-refractivity contribution in [1.82, 2.24) is 9.97 Å². The molecule has 0 saturated carbocycles. The van der Waals surface area contributed by atoms with Crippen molar-refractivity contribution in [3.63, 3.8) is 0 Å². The van der Waals surface area contributed by atoms with Crippen molar-refractivity contribution in [2.75, 3.05) is 0 Å². The van der Waals surface area contributed by atoms with E-state index in [0.717, 1.165) is 0 Å². The molecule has 78 valence electrons. The molecule has 1 aliphatic rings. The summed E-state index contributed by atoms with van der Waals surface area (Å²) in [5.41, 5.74) is 0.411. The van der Waals surface area contributed by atoms with Crippen molar-refractivity contribution >= 4 is 27.8 Å². The molecule has 0 amide bonds. The van der Waals surface area contributed by atoms with Crippen LogP contribution in [0.2, 0.25) is 0 Å². The molecule has 1 heterocycles. The van der Waals surface area contributed by atoms with Gasteiger partial charge in [0, 0.05) is 0 Å². The van der Waals surface area contributed by atoms with Crippen LogP contribution in [0, 0.1) is 0 Å². The van der Waals surface area contributed by atoms with Gasteiger partial charge in [-0.2, -0.15) is 0 Å². The van der Waals surface area contributed by atoms with Crippen molar-refractivity contribution in [3.8, 4) is 0 Å². The minimum absolute atomic E-state index is 0.000440. The first-order chi connectivity index (χ1) is 6.99. The van der Waals surface area contributed by atoms with E-state index in [4.69, 9.17) is 0 Å². The zero-order valence-electron chi connectivity index (χ0n) is 7.99. The number of halogens is 1. The SMILES string of the molecule is CC1(Br)C=Cc2c(nc[nH]c2=O)C(O)=C1. The number of alkyl halides is 1. The van der Waals surface area contributed by atoms with Gasteiger partial charge < -0.3 is 10.1 Å². The smallest absolute Gasteiger partial charge is 0.258 e. The van der Waals surface area contributed by atoms with E-state index in [0.29, 0.717) is 11.3 Å². The maximum Gasteiger partial charge on any atom is 0.258 e. The summed E-state index contributed by atoms with van der Waals surface area (Å²) in [6.07, 6.45) is 6.30. The summed E-state index contributed by atoms with van der Waals surface area (Å²) in [7, 11) is 0. The highest BCUT2D eigenvalue weighted by atomic mass is 79.9. The number of hydrogen-bond acceptors (Lipinski definition) is 3. The molecule has 0 spiro atoms. The molecule has 1 aromatic rings. The van der Waals surface area contributed by atoms with Gasteiger partial charge in [-0.25, -0.2) is 4.98 Å². The molecule has 0 bridgehead atoms. The zero-order chi connectivity index (χ0) is 11.1. The van der Waals surface area contributed by atoms with Crippen LogP contribution >= 0.6 is 15.9 Å². The standard InChI is InChI=1S/C10H9BrN2O2/c1-10(11)3-2-6-8(7(14)4-10)12-5-13-9(6)15/h2-5,14H,1H3,(H,12,13,15). The molecule has 1 unspecified atom stereocenters. The molecule has 1 aromatic heterocycles. The second-order valence-corrected chi connectivity index (χ2v) is 5.22. The fourth-order valence-corrected chi connectivity index (χ4v) is 1.75. The number of nitrogens with zero attached hydrogens (tertiary/aromatic N) is 1. The molecular weight excluding hydrogens is 260 g/mol. The quantitative estimate of drug-likeness (QED) is 0.706. The van der Waals surface area contributed by atoms with Crippen LogP contribution in [-0.2, 0) is 0 Å². The van der Waals surface area contributed by atoms with E-state index >= 15 is 0 Å². The van der Waals surface area contributed by atoms with Gasteiger partial charge >= 0.3 is 0 Å². The second kappa shape index (κ2) is 3.34. The van der Waals surface area contributed by atoms with Gasteiger partial charge in [-0.3, -0.25) is 4.79 Å². The van der Waals surface area contributed by atoms with Gasteiger partial charge in [-0.05, 0) is 19.1 Å². The van der Waals surface area contributed by atoms with Crippen molar-refractivity contribution in [2.24, 2.45) is 0 Å². The molecule has 2 rings (SSSR count). The Bertz CT molecular complexity index is 514. The fraction of sp³-hybridized carbons (Fsp3) is 0.200. The third kappa shape index (κ3) is 1.87. The summed E-state index contributed by atoms with van der Waals surface area (Å²) in [6, 6.07) is 0. The van der Waals surface area contributed by atoms with Gasteiger partial charge in [0.15, 0.2) is 0 Å². The molecule has 0 radical (unpaired) electrons. The number of allylic oxidation sites excluding steroid dienone is 2. The number of H-pyrrole nitrogens is 1. The number of fused-ring (bicyclic) bond motifs is 1. The Morgan fingerprint density at radius 3 is 3.07 bits per heavy atom. The molecule has 0 saturated heterocycles. The van der Waals surface area contributed by atoms with Crippen molar-refractivity contribution in [3.05, 3.63) is 40.1 Å². The van der Waals surface area contributed by atoms with Gasteiger partial charge in [0.1, 0.15) is 11.5 Å². The fourth-order valence-electron chi connectivity index (χ4n) is 1.40. The molecular formula is C10H9BrN2O2. The highest BCUT2D eigenvalue weighted by Crippen LogP contribution is 2.29. The summed E-state index contributed by atoms with van der Waals surface area (Å²) < 4.78 is -0.468. The molecule has 0 fully saturated rings. The Labute approximate surface area is 94.5 Å². The number of aliphatic hydroxyl groups excluding tert-OH is 1. The Morgan fingerprint density at radius 2 is 2.33 bits per heavy atom. The maximum absolute atomic E-state index is 11.5. The third-order valence-electron chi connectivity index (χ3n) is 2.13. The topological polar surface area (TPSA) is 66.0 Å². The van der Waals surface area contributed by atoms with E-state index in [1.54, 1.807) is 18.2 Å². The van der Waals surface area contributed by atoms with Crippen molar-refractivity contribution < 1.29 is 5.11 Å². The van der Waals surface area contributed by atoms with Crippen LogP contribution < -0.4 is 5.56 Å². The molecule has 4 nitrogen and oxygen atoms in total. The van der Waals surface area contributed by atoms with Crippen LogP contribution in [0.3, 0.4) is 0 Å². The number of rotatable bonds is 0. The first-order valence-electron chi connectivity index (χ1n) is 4.38. The molecule has 1 aliphatic carbocycles. The Kier molecular flexibility index (Phi) is 2.26. The van der Waals surface area contributed by atoms with Crippen molar-refractivity contribution in [2.45, 2.75) is 11.2 Å². The molecule has 0 aliphatic heterocycles. The first-order valence-corrected chi connectivity index (χ1v) is 5.17. The summed E-state index contributed by atoms with van der Waals surface area (Å²) in [4.78, 5) is 17.9. The Hall–Kier alpha value is -1.36. The highest BCUT2D eigenvalue weighted by Gasteiger charge is 2.21. The average Bonchev–Trinajstić information content (AvgIpc) is 2.25. The minimum Gasteiger partial charge on any atom is -0.506 e. The molecule has 2 N–H and O–H groups in total. The molecule has 15 heavy (non-hydrogen) atoms. The lowest BCUT2D eigenvalue weighted by Gasteiger charge is -2.10. The van der Waals surface area contributed by atoms with Crippen LogP contribution in [0.5, 0.6) is 0 Å². The van der Waals surface area contributed by atoms with E-state index < -0.39 is 4.32 Å². The predicted octanol–water partition coefficient (Wildman–Crippen LogP) is 1.85. The predicted molar refractivity (Wildman–Crippen MR) is 61.8 cm³/mol. The third-order valence-corrected chi connectivity index (χ3v) is 2.62. The largest absolute Gasteiger partial charge is 0.506 e. The number of aromatic amines is 1. The molecule has 5 heteroatoms. The van der Waals surface area contributed by atoms with Crippen LogP contribution in [0.4, 0.5) is 0 Å². The van der Waals surface area contributed by atoms with E-state index in [1.165, 1.54) is 6.33 Å². The van der Waals surface area contributed by atoms with E-state index in [-0.39, 0.29) is 11.3 Å².